The molecule has 274 valence electrons. The van der Waals surface area contributed by atoms with Gasteiger partial charge in [-0.25, -0.2) is 0 Å². The highest BCUT2D eigenvalue weighted by Gasteiger charge is 2.39. The number of fused-ring (bicyclic) bond motifs is 9. The van der Waals surface area contributed by atoms with Crippen LogP contribution in [0.2, 0.25) is 0 Å². The maximum atomic E-state index is 4.60. The Labute approximate surface area is 336 Å². The van der Waals surface area contributed by atoms with Gasteiger partial charge in [0, 0.05) is 28.0 Å². The van der Waals surface area contributed by atoms with Crippen molar-refractivity contribution in [1.82, 2.24) is 4.98 Å². The summed E-state index contributed by atoms with van der Waals surface area (Å²) in [6, 6.07) is 59.4. The minimum Gasteiger partial charge on any atom is -0.256 e. The Morgan fingerprint density at radius 3 is 1.05 bits per heavy atom. The van der Waals surface area contributed by atoms with Crippen LogP contribution in [0.25, 0.3) is 78.0 Å². The molecule has 1 heteroatoms. The van der Waals surface area contributed by atoms with Gasteiger partial charge in [0.25, 0.3) is 0 Å². The van der Waals surface area contributed by atoms with Crippen molar-refractivity contribution in [3.05, 3.63) is 197 Å². The van der Waals surface area contributed by atoms with Crippen LogP contribution in [-0.2, 0) is 16.2 Å². The van der Waals surface area contributed by atoms with Crippen LogP contribution in [0.15, 0.2) is 164 Å². The lowest BCUT2D eigenvalue weighted by atomic mass is 9.79. The highest BCUT2D eigenvalue weighted by molar-refractivity contribution is 5.90. The molecule has 0 atom stereocenters. The van der Waals surface area contributed by atoms with Gasteiger partial charge in [0.2, 0.25) is 0 Å². The molecule has 3 aliphatic carbocycles. The van der Waals surface area contributed by atoms with Gasteiger partial charge in [-0.15, -0.1) is 0 Å². The standard InChI is InChI=1S/C56H45N/c1-54(2)47-15-8-7-14-41(47)42-22-18-36(30-48(42)54)37-19-24-45-46-26-21-39(33-52(46)56(5,6)51(45)31-37)38-20-25-44-43-23-17-35(29-49(43)55(3,4)50(44)32-38)34-12-11-13-40(28-34)53-16-9-10-27-57-53/h7-33H,1-6H3. The Morgan fingerprint density at radius 1 is 0.281 bits per heavy atom. The van der Waals surface area contributed by atoms with Gasteiger partial charge in [0.15, 0.2) is 0 Å². The molecule has 0 saturated heterocycles. The fraction of sp³-hybridized carbons (Fsp3) is 0.161. The first-order valence-electron chi connectivity index (χ1n) is 20.4. The summed E-state index contributed by atoms with van der Waals surface area (Å²) in [7, 11) is 0. The average Bonchev–Trinajstić information content (AvgIpc) is 3.72. The zero-order chi connectivity index (χ0) is 38.8. The molecule has 8 aromatic rings. The fourth-order valence-electron chi connectivity index (χ4n) is 10.5. The van der Waals surface area contributed by atoms with Crippen LogP contribution in [0.5, 0.6) is 0 Å². The second-order valence-corrected chi connectivity index (χ2v) is 18.0. The third-order valence-electron chi connectivity index (χ3n) is 13.8. The van der Waals surface area contributed by atoms with Gasteiger partial charge in [-0.05, 0) is 149 Å². The summed E-state index contributed by atoms with van der Waals surface area (Å²) < 4.78 is 0. The minimum absolute atomic E-state index is 0.0173. The molecule has 7 aromatic carbocycles. The maximum absolute atomic E-state index is 4.60. The molecule has 11 rings (SSSR count). The second kappa shape index (κ2) is 11.9. The summed E-state index contributed by atoms with van der Waals surface area (Å²) in [5.41, 5.74) is 26.0. The lowest BCUT2D eigenvalue weighted by molar-refractivity contribution is 0.659. The molecule has 0 aliphatic heterocycles. The lowest BCUT2D eigenvalue weighted by Crippen LogP contribution is -2.16. The van der Waals surface area contributed by atoms with E-state index in [1.54, 1.807) is 0 Å². The first-order valence-corrected chi connectivity index (χ1v) is 20.4. The van der Waals surface area contributed by atoms with Crippen molar-refractivity contribution >= 4 is 0 Å². The largest absolute Gasteiger partial charge is 0.256 e. The molecule has 0 unspecified atom stereocenters. The van der Waals surface area contributed by atoms with E-state index in [-0.39, 0.29) is 16.2 Å². The molecule has 1 nitrogen and oxygen atoms in total. The molecule has 0 bridgehead atoms. The quantitative estimate of drug-likeness (QED) is 0.176. The van der Waals surface area contributed by atoms with Crippen molar-refractivity contribution in [1.29, 1.82) is 0 Å². The Kier molecular flexibility index (Phi) is 7.07. The smallest absolute Gasteiger partial charge is 0.0702 e. The molecule has 1 heterocycles. The van der Waals surface area contributed by atoms with Crippen LogP contribution >= 0.6 is 0 Å². The topological polar surface area (TPSA) is 12.9 Å². The first kappa shape index (κ1) is 34.0. The normalized spacial score (nSPS) is 15.6. The number of rotatable bonds is 4. The first-order chi connectivity index (χ1) is 27.5. The molecular formula is C56H45N. The van der Waals surface area contributed by atoms with Gasteiger partial charge in [0.05, 0.1) is 5.69 Å². The molecule has 1 aromatic heterocycles. The van der Waals surface area contributed by atoms with E-state index < -0.39 is 0 Å². The molecule has 0 N–H and O–H groups in total. The van der Waals surface area contributed by atoms with E-state index >= 15 is 0 Å². The summed E-state index contributed by atoms with van der Waals surface area (Å²) in [4.78, 5) is 4.60. The van der Waals surface area contributed by atoms with Crippen molar-refractivity contribution in [3.8, 4) is 78.0 Å². The minimum atomic E-state index is -0.131. The Balaban J connectivity index is 0.913. The molecular weight excluding hydrogens is 687 g/mol. The predicted octanol–water partition coefficient (Wildman–Crippen LogP) is 14.7. The van der Waals surface area contributed by atoms with Crippen LogP contribution in [0.3, 0.4) is 0 Å². The average molecular weight is 732 g/mol. The summed E-state index contributed by atoms with van der Waals surface area (Å²) in [5.74, 6) is 0. The van der Waals surface area contributed by atoms with E-state index in [1.165, 1.54) is 100 Å². The van der Waals surface area contributed by atoms with Gasteiger partial charge in [-0.3, -0.25) is 4.98 Å². The second-order valence-electron chi connectivity index (χ2n) is 18.0. The van der Waals surface area contributed by atoms with Gasteiger partial charge >= 0.3 is 0 Å². The number of aromatic nitrogens is 1. The van der Waals surface area contributed by atoms with E-state index in [0.717, 1.165) is 11.3 Å². The van der Waals surface area contributed by atoms with Gasteiger partial charge in [-0.2, -0.15) is 0 Å². The van der Waals surface area contributed by atoms with E-state index in [9.17, 15) is 0 Å². The van der Waals surface area contributed by atoms with Gasteiger partial charge in [0.1, 0.15) is 0 Å². The van der Waals surface area contributed by atoms with E-state index in [2.05, 4.69) is 192 Å². The van der Waals surface area contributed by atoms with Gasteiger partial charge in [-0.1, -0.05) is 151 Å². The van der Waals surface area contributed by atoms with Crippen molar-refractivity contribution in [2.24, 2.45) is 0 Å². The highest BCUT2D eigenvalue weighted by Crippen LogP contribution is 2.54. The van der Waals surface area contributed by atoms with Crippen LogP contribution in [0.4, 0.5) is 0 Å². The third-order valence-corrected chi connectivity index (χ3v) is 13.8. The van der Waals surface area contributed by atoms with Crippen molar-refractivity contribution in [2.45, 2.75) is 57.8 Å². The number of hydrogen-bond donors (Lipinski definition) is 0. The summed E-state index contributed by atoms with van der Waals surface area (Å²) in [6.45, 7) is 14.3. The highest BCUT2D eigenvalue weighted by atomic mass is 14.7. The lowest BCUT2D eigenvalue weighted by Gasteiger charge is -2.24. The van der Waals surface area contributed by atoms with Crippen LogP contribution in [0.1, 0.15) is 74.9 Å². The molecule has 0 fully saturated rings. The maximum Gasteiger partial charge on any atom is 0.0702 e. The van der Waals surface area contributed by atoms with Crippen LogP contribution in [0, 0.1) is 0 Å². The molecule has 0 amide bonds. The predicted molar refractivity (Wildman–Crippen MR) is 239 cm³/mol. The summed E-state index contributed by atoms with van der Waals surface area (Å²) in [6.07, 6.45) is 1.86. The number of pyridine rings is 1. The number of hydrogen-bond acceptors (Lipinski definition) is 1. The molecule has 57 heavy (non-hydrogen) atoms. The van der Waals surface area contributed by atoms with Crippen LogP contribution in [-0.4, -0.2) is 4.98 Å². The van der Waals surface area contributed by atoms with Crippen molar-refractivity contribution in [2.75, 3.05) is 0 Å². The van der Waals surface area contributed by atoms with Crippen molar-refractivity contribution in [3.63, 3.8) is 0 Å². The zero-order valence-corrected chi connectivity index (χ0v) is 33.5. The van der Waals surface area contributed by atoms with Gasteiger partial charge < -0.3 is 0 Å². The Bertz CT molecular complexity index is 2980. The van der Waals surface area contributed by atoms with E-state index in [4.69, 9.17) is 0 Å². The summed E-state index contributed by atoms with van der Waals surface area (Å²) in [5, 5.41) is 0. The molecule has 3 aliphatic rings. The van der Waals surface area contributed by atoms with E-state index in [0.29, 0.717) is 0 Å². The molecule has 0 saturated carbocycles. The zero-order valence-electron chi connectivity index (χ0n) is 33.5. The van der Waals surface area contributed by atoms with Crippen molar-refractivity contribution < 1.29 is 0 Å². The SMILES string of the molecule is CC1(C)c2ccccc2-c2ccc(-c3ccc4c(c3)C(C)(C)c3cc(-c5ccc6c(c5)C(C)(C)c5cc(-c7cccc(-c8ccccn8)c7)ccc5-6)ccc3-4)cc21. The van der Waals surface area contributed by atoms with E-state index in [1.807, 2.05) is 18.3 Å². The molecule has 0 radical (unpaired) electrons. The molecule has 0 spiro atoms. The monoisotopic (exact) mass is 731 g/mol. The number of nitrogens with zero attached hydrogens (tertiary/aromatic N) is 1. The number of benzene rings is 7. The Morgan fingerprint density at radius 2 is 0.632 bits per heavy atom. The third kappa shape index (κ3) is 4.91. The Hall–Kier alpha value is -6.31. The fourth-order valence-corrected chi connectivity index (χ4v) is 10.5. The van der Waals surface area contributed by atoms with Crippen LogP contribution < -0.4 is 0 Å². The summed E-state index contributed by atoms with van der Waals surface area (Å²) >= 11 is 0.